The fourth-order valence-corrected chi connectivity index (χ4v) is 4.20. The Kier molecular flexibility index (Phi) is 6.51. The van der Waals surface area contributed by atoms with Gasteiger partial charge in [-0.05, 0) is 23.1 Å². The molecular formula is C24H23N3O4S. The second kappa shape index (κ2) is 9.65. The number of thiophene rings is 1. The summed E-state index contributed by atoms with van der Waals surface area (Å²) in [7, 11) is 1.66. The minimum Gasteiger partial charge on any atom is -0.489 e. The molecule has 3 aromatic rings. The van der Waals surface area contributed by atoms with Gasteiger partial charge in [-0.1, -0.05) is 54.6 Å². The summed E-state index contributed by atoms with van der Waals surface area (Å²) in [5, 5.41) is 4.62. The van der Waals surface area contributed by atoms with Gasteiger partial charge in [0.15, 0.2) is 0 Å². The van der Waals surface area contributed by atoms with Crippen LogP contribution in [0.1, 0.15) is 22.0 Å². The molecule has 1 saturated heterocycles. The van der Waals surface area contributed by atoms with E-state index in [1.807, 2.05) is 53.9 Å². The number of likely N-dealkylation sites (N-methyl/N-ethyl adjacent to an activating group) is 1. The molecule has 0 saturated carbocycles. The summed E-state index contributed by atoms with van der Waals surface area (Å²) < 4.78 is 5.94. The number of hydrogen-bond donors (Lipinski definition) is 1. The van der Waals surface area contributed by atoms with E-state index in [1.165, 1.54) is 4.90 Å². The summed E-state index contributed by atoms with van der Waals surface area (Å²) in [4.78, 5) is 41.7. The van der Waals surface area contributed by atoms with Crippen molar-refractivity contribution in [2.75, 3.05) is 13.6 Å². The van der Waals surface area contributed by atoms with Gasteiger partial charge in [-0.2, -0.15) is 0 Å². The molecule has 0 spiro atoms. The second-order valence-corrected chi connectivity index (χ2v) is 8.48. The Morgan fingerprint density at radius 3 is 2.56 bits per heavy atom. The summed E-state index contributed by atoms with van der Waals surface area (Å²) >= 11 is 1.55. The molecule has 1 unspecified atom stereocenters. The van der Waals surface area contributed by atoms with Gasteiger partial charge in [0.1, 0.15) is 24.9 Å². The van der Waals surface area contributed by atoms with Crippen molar-refractivity contribution in [2.45, 2.75) is 19.2 Å². The fraction of sp³-hybridized carbons (Fsp3) is 0.208. The maximum absolute atomic E-state index is 13.0. The molecule has 32 heavy (non-hydrogen) atoms. The zero-order chi connectivity index (χ0) is 22.5. The highest BCUT2D eigenvalue weighted by molar-refractivity contribution is 7.09. The van der Waals surface area contributed by atoms with Gasteiger partial charge in [0, 0.05) is 17.5 Å². The zero-order valence-corrected chi connectivity index (χ0v) is 18.4. The average Bonchev–Trinajstić information content (AvgIpc) is 3.42. The number of nitrogens with zero attached hydrogens (tertiary/aromatic N) is 2. The first-order valence-electron chi connectivity index (χ1n) is 10.2. The standard InChI is InChI=1S/C24H23N3O4S/c1-26(14-18-10-7-13-32-18)21(28)15-27-23(29)22(25-24(27)30)19-11-5-6-12-20(19)31-16-17-8-3-2-4-9-17/h2-13,22H,14-16H2,1H3,(H,25,30). The van der Waals surface area contributed by atoms with Crippen LogP contribution >= 0.6 is 11.3 Å². The van der Waals surface area contributed by atoms with Gasteiger partial charge < -0.3 is 15.0 Å². The first-order valence-corrected chi connectivity index (χ1v) is 11.0. The Hall–Kier alpha value is -3.65. The van der Waals surface area contributed by atoms with E-state index in [4.69, 9.17) is 4.74 Å². The van der Waals surface area contributed by atoms with Crippen molar-refractivity contribution in [3.63, 3.8) is 0 Å². The highest BCUT2D eigenvalue weighted by Gasteiger charge is 2.41. The fourth-order valence-electron chi connectivity index (χ4n) is 3.45. The predicted molar refractivity (Wildman–Crippen MR) is 121 cm³/mol. The summed E-state index contributed by atoms with van der Waals surface area (Å²) in [6.45, 7) is 0.457. The molecule has 4 rings (SSSR count). The third-order valence-corrected chi connectivity index (χ3v) is 6.05. The normalized spacial score (nSPS) is 15.5. The van der Waals surface area contributed by atoms with E-state index in [2.05, 4.69) is 5.32 Å². The lowest BCUT2D eigenvalue weighted by Gasteiger charge is -2.20. The Morgan fingerprint density at radius 1 is 1.06 bits per heavy atom. The van der Waals surface area contributed by atoms with Crippen LogP contribution in [0.25, 0.3) is 0 Å². The second-order valence-electron chi connectivity index (χ2n) is 7.45. The molecule has 0 bridgehead atoms. The molecule has 1 aromatic heterocycles. The molecule has 1 N–H and O–H groups in total. The van der Waals surface area contributed by atoms with Crippen LogP contribution in [0.5, 0.6) is 5.75 Å². The molecule has 1 atom stereocenters. The average molecular weight is 450 g/mol. The van der Waals surface area contributed by atoms with Crippen molar-refractivity contribution >= 4 is 29.2 Å². The van der Waals surface area contributed by atoms with Crippen LogP contribution < -0.4 is 10.1 Å². The maximum atomic E-state index is 13.0. The Bertz CT molecular complexity index is 1100. The largest absolute Gasteiger partial charge is 0.489 e. The van der Waals surface area contributed by atoms with Crippen LogP contribution in [0.2, 0.25) is 0 Å². The van der Waals surface area contributed by atoms with E-state index in [9.17, 15) is 14.4 Å². The summed E-state index contributed by atoms with van der Waals surface area (Å²) in [6, 6.07) is 19.2. The van der Waals surface area contributed by atoms with Crippen LogP contribution in [-0.4, -0.2) is 41.2 Å². The van der Waals surface area contributed by atoms with Gasteiger partial charge in [-0.3, -0.25) is 14.5 Å². The van der Waals surface area contributed by atoms with Crippen LogP contribution in [-0.2, 0) is 22.7 Å². The van der Waals surface area contributed by atoms with E-state index in [0.29, 0.717) is 24.5 Å². The maximum Gasteiger partial charge on any atom is 0.325 e. The number of para-hydroxylation sites is 1. The van der Waals surface area contributed by atoms with Crippen LogP contribution in [0.15, 0.2) is 72.1 Å². The van der Waals surface area contributed by atoms with Gasteiger partial charge in [0.2, 0.25) is 5.91 Å². The Balaban J connectivity index is 1.44. The SMILES string of the molecule is CN(Cc1cccs1)C(=O)CN1C(=O)NC(c2ccccc2OCc2ccccc2)C1=O. The van der Waals surface area contributed by atoms with E-state index >= 15 is 0 Å². The van der Waals surface area contributed by atoms with Crippen LogP contribution in [0.4, 0.5) is 4.79 Å². The first-order chi connectivity index (χ1) is 15.5. The van der Waals surface area contributed by atoms with Crippen molar-refractivity contribution in [3.05, 3.63) is 88.1 Å². The monoisotopic (exact) mass is 449 g/mol. The third-order valence-electron chi connectivity index (χ3n) is 5.19. The molecule has 2 heterocycles. The van der Waals surface area contributed by atoms with E-state index in [-0.39, 0.29) is 12.5 Å². The quantitative estimate of drug-likeness (QED) is 0.533. The van der Waals surface area contributed by atoms with Crippen molar-refractivity contribution in [1.82, 2.24) is 15.1 Å². The lowest BCUT2D eigenvalue weighted by Crippen LogP contribution is -2.41. The van der Waals surface area contributed by atoms with Crippen molar-refractivity contribution in [1.29, 1.82) is 0 Å². The molecule has 2 aromatic carbocycles. The molecule has 164 valence electrons. The minimum atomic E-state index is -0.898. The Labute approximate surface area is 190 Å². The van der Waals surface area contributed by atoms with Gasteiger partial charge in [0.05, 0.1) is 6.54 Å². The molecule has 4 amide bonds. The smallest absolute Gasteiger partial charge is 0.325 e. The number of urea groups is 1. The minimum absolute atomic E-state index is 0.309. The lowest BCUT2D eigenvalue weighted by molar-refractivity contribution is -0.136. The zero-order valence-electron chi connectivity index (χ0n) is 17.6. The number of ether oxygens (including phenoxy) is 1. The topological polar surface area (TPSA) is 79.0 Å². The van der Waals surface area contributed by atoms with Crippen molar-refractivity contribution < 1.29 is 19.1 Å². The predicted octanol–water partition coefficient (Wildman–Crippen LogP) is 3.58. The molecule has 0 radical (unpaired) electrons. The number of benzene rings is 2. The number of carbonyl (C=O) groups is 3. The molecule has 0 aliphatic carbocycles. The van der Waals surface area contributed by atoms with E-state index in [0.717, 1.165) is 15.3 Å². The number of imide groups is 1. The number of rotatable bonds is 8. The molecule has 1 fully saturated rings. The third kappa shape index (κ3) is 4.81. The highest BCUT2D eigenvalue weighted by Crippen LogP contribution is 2.30. The summed E-state index contributed by atoms with van der Waals surface area (Å²) in [5.74, 6) is -0.266. The lowest BCUT2D eigenvalue weighted by atomic mass is 10.1. The van der Waals surface area contributed by atoms with E-state index in [1.54, 1.807) is 36.6 Å². The van der Waals surface area contributed by atoms with Crippen LogP contribution in [0, 0.1) is 0 Å². The molecule has 1 aliphatic heterocycles. The van der Waals surface area contributed by atoms with Crippen LogP contribution in [0.3, 0.4) is 0 Å². The molecule has 8 heteroatoms. The number of amides is 4. The number of carbonyl (C=O) groups excluding carboxylic acids is 3. The van der Waals surface area contributed by atoms with Gasteiger partial charge in [0.25, 0.3) is 5.91 Å². The highest BCUT2D eigenvalue weighted by atomic mass is 32.1. The van der Waals surface area contributed by atoms with Crippen molar-refractivity contribution in [3.8, 4) is 5.75 Å². The van der Waals surface area contributed by atoms with Gasteiger partial charge in [-0.15, -0.1) is 11.3 Å². The molecular weight excluding hydrogens is 426 g/mol. The molecule has 7 nitrogen and oxygen atoms in total. The summed E-state index contributed by atoms with van der Waals surface area (Å²) in [6.07, 6.45) is 0. The number of nitrogens with one attached hydrogen (secondary N) is 1. The Morgan fingerprint density at radius 2 is 1.81 bits per heavy atom. The van der Waals surface area contributed by atoms with E-state index < -0.39 is 18.0 Å². The molecule has 1 aliphatic rings. The van der Waals surface area contributed by atoms with Gasteiger partial charge >= 0.3 is 6.03 Å². The number of hydrogen-bond acceptors (Lipinski definition) is 5. The van der Waals surface area contributed by atoms with Gasteiger partial charge in [-0.25, -0.2) is 4.79 Å². The van der Waals surface area contributed by atoms with Crippen molar-refractivity contribution in [2.24, 2.45) is 0 Å². The first kappa shape index (κ1) is 21.6. The summed E-state index contributed by atoms with van der Waals surface area (Å²) in [5.41, 5.74) is 1.55.